The van der Waals surface area contributed by atoms with Gasteiger partial charge in [-0.15, -0.1) is 0 Å². The Morgan fingerprint density at radius 1 is 1.12 bits per heavy atom. The molecular formula is C31H30FN5O4. The molecule has 10 heteroatoms. The molecule has 1 atom stereocenters. The number of rotatable bonds is 6. The van der Waals surface area contributed by atoms with Crippen LogP contribution in [0.3, 0.4) is 0 Å². The quantitative estimate of drug-likeness (QED) is 0.314. The molecule has 9 nitrogen and oxygen atoms in total. The molecule has 0 saturated carbocycles. The van der Waals surface area contributed by atoms with E-state index in [4.69, 9.17) is 29.4 Å². The Morgan fingerprint density at radius 2 is 1.98 bits per heavy atom. The van der Waals surface area contributed by atoms with Crippen molar-refractivity contribution in [1.29, 1.82) is 5.26 Å². The maximum Gasteiger partial charge on any atom is 0.337 e. The summed E-state index contributed by atoms with van der Waals surface area (Å²) in [4.78, 5) is 24.2. The van der Waals surface area contributed by atoms with Gasteiger partial charge in [-0.2, -0.15) is 5.26 Å². The zero-order valence-corrected chi connectivity index (χ0v) is 22.8. The zero-order valence-electron chi connectivity index (χ0n) is 22.8. The van der Waals surface area contributed by atoms with Crippen molar-refractivity contribution in [1.82, 2.24) is 19.4 Å². The maximum absolute atomic E-state index is 14.3. The lowest BCUT2D eigenvalue weighted by Gasteiger charge is -2.36. The van der Waals surface area contributed by atoms with E-state index < -0.39 is 5.82 Å². The Balaban J connectivity index is 1.13. The van der Waals surface area contributed by atoms with Crippen LogP contribution in [0.2, 0.25) is 0 Å². The molecule has 1 saturated heterocycles. The van der Waals surface area contributed by atoms with E-state index in [2.05, 4.69) is 9.47 Å². The number of esters is 1. The monoisotopic (exact) mass is 555 g/mol. The van der Waals surface area contributed by atoms with Gasteiger partial charge in [-0.3, -0.25) is 4.90 Å². The van der Waals surface area contributed by atoms with E-state index in [-0.39, 0.29) is 30.1 Å². The number of nitriles is 1. The van der Waals surface area contributed by atoms with Crippen molar-refractivity contribution in [2.24, 2.45) is 0 Å². The van der Waals surface area contributed by atoms with Crippen LogP contribution in [0, 0.1) is 17.1 Å². The number of carbonyl (C=O) groups is 1. The highest BCUT2D eigenvalue weighted by Gasteiger charge is 2.32. The van der Waals surface area contributed by atoms with Crippen molar-refractivity contribution in [3.05, 3.63) is 88.6 Å². The minimum atomic E-state index is -0.465. The molecule has 4 heterocycles. The number of fused-ring (bicyclic) bond motifs is 3. The number of carbonyl (C=O) groups excluding carboxylic acids is 1. The summed E-state index contributed by atoms with van der Waals surface area (Å²) in [5, 5.41) is 8.94. The zero-order chi connectivity index (χ0) is 28.3. The molecule has 6 rings (SSSR count). The highest BCUT2D eigenvalue weighted by atomic mass is 19.1. The van der Waals surface area contributed by atoms with Gasteiger partial charge in [0.25, 0.3) is 0 Å². The van der Waals surface area contributed by atoms with Gasteiger partial charge in [0.15, 0.2) is 0 Å². The molecule has 0 bridgehead atoms. The lowest BCUT2D eigenvalue weighted by atomic mass is 9.92. The molecule has 210 valence electrons. The Kier molecular flexibility index (Phi) is 7.63. The minimum Gasteiger partial charge on any atom is -0.473 e. The Hall–Kier alpha value is -4.33. The minimum absolute atomic E-state index is 0.0115. The van der Waals surface area contributed by atoms with Gasteiger partial charge in [0, 0.05) is 29.8 Å². The molecule has 2 aliphatic rings. The lowest BCUT2D eigenvalue weighted by Crippen LogP contribution is -2.38. The molecule has 41 heavy (non-hydrogen) atoms. The van der Waals surface area contributed by atoms with Crippen LogP contribution in [0.1, 0.15) is 57.8 Å². The van der Waals surface area contributed by atoms with E-state index >= 15 is 0 Å². The Bertz CT molecular complexity index is 1620. The first kappa shape index (κ1) is 26.9. The number of pyridine rings is 1. The topological polar surface area (TPSA) is 102 Å². The second-order valence-electron chi connectivity index (χ2n) is 10.3. The van der Waals surface area contributed by atoms with Crippen LogP contribution < -0.4 is 4.74 Å². The maximum atomic E-state index is 14.3. The van der Waals surface area contributed by atoms with Crippen LogP contribution in [0.5, 0.6) is 5.88 Å². The van der Waals surface area contributed by atoms with Crippen molar-refractivity contribution in [3.63, 3.8) is 0 Å². The van der Waals surface area contributed by atoms with Crippen LogP contribution in [-0.2, 0) is 22.6 Å². The van der Waals surface area contributed by atoms with Gasteiger partial charge in [0.1, 0.15) is 18.2 Å². The molecule has 0 N–H and O–H groups in total. The van der Waals surface area contributed by atoms with E-state index in [9.17, 15) is 9.18 Å². The number of ether oxygens (including phenoxy) is 3. The van der Waals surface area contributed by atoms with Crippen molar-refractivity contribution in [2.75, 3.05) is 33.4 Å². The summed E-state index contributed by atoms with van der Waals surface area (Å²) in [6, 6.07) is 17.5. The molecule has 2 aromatic carbocycles. The average Bonchev–Trinajstić information content (AvgIpc) is 3.24. The molecule has 2 aromatic heterocycles. The SMILES string of the molecule is COC(=O)c1ccc2nc3n(c2c1)CCOCC3N1CCC(c2cccc(OCc3ccc(C#N)cc3F)n2)CC1. The number of hydrogen-bond acceptors (Lipinski definition) is 8. The highest BCUT2D eigenvalue weighted by Crippen LogP contribution is 2.34. The third-order valence-corrected chi connectivity index (χ3v) is 7.92. The summed E-state index contributed by atoms with van der Waals surface area (Å²) in [5.74, 6) is 0.852. The fourth-order valence-electron chi connectivity index (χ4n) is 5.70. The summed E-state index contributed by atoms with van der Waals surface area (Å²) >= 11 is 0. The molecule has 1 fully saturated rings. The van der Waals surface area contributed by atoms with Crippen LogP contribution in [0.4, 0.5) is 4.39 Å². The number of nitrogens with zero attached hydrogens (tertiary/aromatic N) is 5. The summed E-state index contributed by atoms with van der Waals surface area (Å²) in [6.07, 6.45) is 1.84. The molecule has 2 aliphatic heterocycles. The normalized spacial score (nSPS) is 17.9. The smallest absolute Gasteiger partial charge is 0.337 e. The molecule has 0 amide bonds. The van der Waals surface area contributed by atoms with Gasteiger partial charge in [0.2, 0.25) is 5.88 Å². The van der Waals surface area contributed by atoms with Crippen LogP contribution in [-0.4, -0.2) is 58.8 Å². The Morgan fingerprint density at radius 3 is 2.76 bits per heavy atom. The largest absolute Gasteiger partial charge is 0.473 e. The summed E-state index contributed by atoms with van der Waals surface area (Å²) < 4.78 is 33.1. The fourth-order valence-corrected chi connectivity index (χ4v) is 5.70. The molecule has 0 spiro atoms. The predicted molar refractivity (Wildman–Crippen MR) is 148 cm³/mol. The van der Waals surface area contributed by atoms with E-state index in [1.165, 1.54) is 13.2 Å². The number of imidazole rings is 1. The molecule has 4 aromatic rings. The molecule has 0 radical (unpaired) electrons. The molecule has 1 unspecified atom stereocenters. The van der Waals surface area contributed by atoms with Crippen LogP contribution in [0.15, 0.2) is 54.6 Å². The Labute approximate surface area is 237 Å². The third-order valence-electron chi connectivity index (χ3n) is 7.92. The van der Waals surface area contributed by atoms with Gasteiger partial charge in [-0.1, -0.05) is 12.1 Å². The summed E-state index contributed by atoms with van der Waals surface area (Å²) in [5.41, 5.74) is 3.89. The second kappa shape index (κ2) is 11.6. The van der Waals surface area contributed by atoms with Gasteiger partial charge in [0.05, 0.1) is 54.6 Å². The predicted octanol–water partition coefficient (Wildman–Crippen LogP) is 4.76. The standard InChI is InChI=1S/C31H30FN5O4/c1-39-31(38)22-7-8-26-27(16-22)37-13-14-40-19-28(30(37)35-26)36-11-9-21(10-12-36)25-3-2-4-29(34-25)41-18-23-6-5-20(17-33)15-24(23)32/h2-8,15-16,21,28H,9-14,18-19H2,1H3. The van der Waals surface area contributed by atoms with Crippen molar-refractivity contribution >= 4 is 17.0 Å². The van der Waals surface area contributed by atoms with Crippen molar-refractivity contribution in [2.45, 2.75) is 38.0 Å². The first-order valence-electron chi connectivity index (χ1n) is 13.7. The second-order valence-corrected chi connectivity index (χ2v) is 10.3. The van der Waals surface area contributed by atoms with Crippen molar-refractivity contribution in [3.8, 4) is 11.9 Å². The van der Waals surface area contributed by atoms with Gasteiger partial charge in [-0.25, -0.2) is 19.2 Å². The van der Waals surface area contributed by atoms with E-state index in [0.29, 0.717) is 36.8 Å². The number of halogens is 1. The number of benzene rings is 2. The number of aromatic nitrogens is 3. The van der Waals surface area contributed by atoms with Gasteiger partial charge >= 0.3 is 5.97 Å². The third kappa shape index (κ3) is 5.51. The van der Waals surface area contributed by atoms with E-state index in [1.54, 1.807) is 24.3 Å². The van der Waals surface area contributed by atoms with E-state index in [0.717, 1.165) is 48.5 Å². The number of piperidine rings is 1. The lowest BCUT2D eigenvalue weighted by molar-refractivity contribution is 0.0529. The number of likely N-dealkylation sites (tertiary alicyclic amines) is 1. The summed E-state index contributed by atoms with van der Waals surface area (Å²) in [6.45, 7) is 3.57. The first-order valence-corrected chi connectivity index (χ1v) is 13.7. The van der Waals surface area contributed by atoms with Crippen LogP contribution in [0.25, 0.3) is 11.0 Å². The average molecular weight is 556 g/mol. The number of hydrogen-bond donors (Lipinski definition) is 0. The first-order chi connectivity index (χ1) is 20.0. The van der Waals surface area contributed by atoms with Gasteiger partial charge in [-0.05, 0) is 62.3 Å². The fraction of sp³-hybridized carbons (Fsp3) is 0.355. The van der Waals surface area contributed by atoms with Crippen LogP contribution >= 0.6 is 0 Å². The molecule has 0 aliphatic carbocycles. The highest BCUT2D eigenvalue weighted by molar-refractivity contribution is 5.93. The summed E-state index contributed by atoms with van der Waals surface area (Å²) in [7, 11) is 1.38. The van der Waals surface area contributed by atoms with Gasteiger partial charge < -0.3 is 18.8 Å². The molecular weight excluding hydrogens is 525 g/mol. The van der Waals surface area contributed by atoms with Crippen molar-refractivity contribution < 1.29 is 23.4 Å². The van der Waals surface area contributed by atoms with E-state index in [1.807, 2.05) is 30.3 Å². The number of methoxy groups -OCH3 is 1.